The van der Waals surface area contributed by atoms with Gasteiger partial charge in [-0.05, 0) is 50.0 Å². The van der Waals surface area contributed by atoms with Crippen LogP contribution >= 0.6 is 11.6 Å². The molecule has 4 unspecified atom stereocenters. The topological polar surface area (TPSA) is 81.5 Å². The minimum Gasteiger partial charge on any atom is -0.482 e. The number of rotatable bonds is 6. The van der Waals surface area contributed by atoms with Gasteiger partial charge in [-0.1, -0.05) is 18.0 Å². The second kappa shape index (κ2) is 6.97. The Hall–Kier alpha value is -1.82. The lowest BCUT2D eigenvalue weighted by Gasteiger charge is -2.28. The van der Waals surface area contributed by atoms with Crippen LogP contribution in [0.4, 0.5) is 5.69 Å². The third kappa shape index (κ3) is 3.64. The SMILES string of the molecule is CC(NC(=O)COc1ccc([N+](=O)[O-])cc1Cl)C1CC2CCC1C2. The number of nitrogens with zero attached hydrogens (tertiary/aromatic N) is 1. The summed E-state index contributed by atoms with van der Waals surface area (Å²) < 4.78 is 5.39. The molecule has 2 bridgehead atoms. The molecule has 130 valence electrons. The summed E-state index contributed by atoms with van der Waals surface area (Å²) in [4.78, 5) is 22.2. The van der Waals surface area contributed by atoms with Crippen molar-refractivity contribution >= 4 is 23.2 Å². The van der Waals surface area contributed by atoms with Gasteiger partial charge in [0.05, 0.1) is 9.95 Å². The van der Waals surface area contributed by atoms with Crippen molar-refractivity contribution in [2.24, 2.45) is 17.8 Å². The molecule has 2 fully saturated rings. The fourth-order valence-electron chi connectivity index (χ4n) is 4.17. The van der Waals surface area contributed by atoms with Crippen molar-refractivity contribution in [2.45, 2.75) is 38.6 Å². The molecular weight excluding hydrogens is 332 g/mol. The van der Waals surface area contributed by atoms with E-state index in [2.05, 4.69) is 12.2 Å². The number of nitro groups is 1. The third-order valence-corrected chi connectivity index (χ3v) is 5.60. The monoisotopic (exact) mass is 352 g/mol. The highest BCUT2D eigenvalue weighted by Crippen LogP contribution is 2.49. The van der Waals surface area contributed by atoms with Crippen molar-refractivity contribution in [3.8, 4) is 5.75 Å². The van der Waals surface area contributed by atoms with Crippen molar-refractivity contribution in [2.75, 3.05) is 6.61 Å². The first kappa shape index (κ1) is 17.0. The number of amides is 1. The van der Waals surface area contributed by atoms with E-state index in [4.69, 9.17) is 16.3 Å². The summed E-state index contributed by atoms with van der Waals surface area (Å²) in [5.74, 6) is 2.23. The third-order valence-electron chi connectivity index (χ3n) is 5.31. The fourth-order valence-corrected chi connectivity index (χ4v) is 4.40. The van der Waals surface area contributed by atoms with Crippen LogP contribution in [0.5, 0.6) is 5.75 Å². The van der Waals surface area contributed by atoms with Gasteiger partial charge in [-0.2, -0.15) is 0 Å². The Morgan fingerprint density at radius 1 is 1.46 bits per heavy atom. The van der Waals surface area contributed by atoms with E-state index in [1.807, 2.05) is 0 Å². The standard InChI is InChI=1S/C17H21ClN2O4/c1-10(14-7-11-2-3-12(14)6-11)19-17(21)9-24-16-5-4-13(20(22)23)8-15(16)18/h4-5,8,10-12,14H,2-3,6-7,9H2,1H3,(H,19,21). The molecule has 0 aromatic heterocycles. The van der Waals surface area contributed by atoms with Gasteiger partial charge in [-0.25, -0.2) is 0 Å². The molecule has 2 aliphatic carbocycles. The molecule has 0 saturated heterocycles. The van der Waals surface area contributed by atoms with Crippen molar-refractivity contribution in [3.05, 3.63) is 33.3 Å². The number of nitrogens with one attached hydrogen (secondary N) is 1. The lowest BCUT2D eigenvalue weighted by molar-refractivity contribution is -0.384. The number of benzene rings is 1. The molecule has 3 rings (SSSR count). The van der Waals surface area contributed by atoms with Crippen molar-refractivity contribution in [3.63, 3.8) is 0 Å². The number of halogens is 1. The highest BCUT2D eigenvalue weighted by molar-refractivity contribution is 6.32. The second-order valence-corrected chi connectivity index (χ2v) is 7.26. The first-order valence-corrected chi connectivity index (χ1v) is 8.68. The van der Waals surface area contributed by atoms with E-state index in [0.29, 0.717) is 5.92 Å². The molecule has 0 aliphatic heterocycles. The number of hydrogen-bond acceptors (Lipinski definition) is 4. The number of nitro benzene ring substituents is 1. The normalized spacial score (nSPS) is 26.2. The number of carbonyl (C=O) groups is 1. The Balaban J connectivity index is 1.49. The maximum Gasteiger partial charge on any atom is 0.271 e. The van der Waals surface area contributed by atoms with Gasteiger partial charge in [-0.3, -0.25) is 14.9 Å². The molecule has 2 aliphatic rings. The molecule has 0 radical (unpaired) electrons. The summed E-state index contributed by atoms with van der Waals surface area (Å²) in [6.07, 6.45) is 5.13. The van der Waals surface area contributed by atoms with Crippen LogP contribution in [0.15, 0.2) is 18.2 Å². The summed E-state index contributed by atoms with van der Waals surface area (Å²) in [5.41, 5.74) is -0.110. The smallest absolute Gasteiger partial charge is 0.271 e. The highest BCUT2D eigenvalue weighted by atomic mass is 35.5. The maximum absolute atomic E-state index is 12.1. The first-order valence-electron chi connectivity index (χ1n) is 8.30. The Kier molecular flexibility index (Phi) is 4.94. The van der Waals surface area contributed by atoms with Crippen LogP contribution in [0.25, 0.3) is 0 Å². The van der Waals surface area contributed by atoms with E-state index in [-0.39, 0.29) is 35.0 Å². The van der Waals surface area contributed by atoms with Gasteiger partial charge in [0, 0.05) is 18.2 Å². The van der Waals surface area contributed by atoms with Crippen LogP contribution in [-0.4, -0.2) is 23.5 Å². The second-order valence-electron chi connectivity index (χ2n) is 6.86. The molecule has 24 heavy (non-hydrogen) atoms. The van der Waals surface area contributed by atoms with Gasteiger partial charge in [0.25, 0.3) is 11.6 Å². The number of carbonyl (C=O) groups excluding carboxylic acids is 1. The predicted molar refractivity (Wildman–Crippen MR) is 90.1 cm³/mol. The Morgan fingerprint density at radius 2 is 2.25 bits per heavy atom. The minimum absolute atomic E-state index is 0.110. The van der Waals surface area contributed by atoms with Gasteiger partial charge in [0.1, 0.15) is 5.75 Å². The van der Waals surface area contributed by atoms with E-state index in [1.54, 1.807) is 0 Å². The summed E-state index contributed by atoms with van der Waals surface area (Å²) in [6, 6.07) is 4.07. The molecule has 0 heterocycles. The van der Waals surface area contributed by atoms with Crippen LogP contribution in [0, 0.1) is 27.9 Å². The van der Waals surface area contributed by atoms with Gasteiger partial charge in [0.2, 0.25) is 0 Å². The van der Waals surface area contributed by atoms with Crippen LogP contribution in [0.1, 0.15) is 32.6 Å². The van der Waals surface area contributed by atoms with E-state index in [1.165, 1.54) is 43.9 Å². The van der Waals surface area contributed by atoms with Crippen LogP contribution in [-0.2, 0) is 4.79 Å². The Bertz CT molecular complexity index is 651. The van der Waals surface area contributed by atoms with Gasteiger partial charge < -0.3 is 10.1 Å². The first-order chi connectivity index (χ1) is 11.4. The molecule has 0 spiro atoms. The maximum atomic E-state index is 12.1. The lowest BCUT2D eigenvalue weighted by atomic mass is 9.84. The molecule has 4 atom stereocenters. The largest absolute Gasteiger partial charge is 0.482 e. The van der Waals surface area contributed by atoms with E-state index >= 15 is 0 Å². The van der Waals surface area contributed by atoms with E-state index in [9.17, 15) is 14.9 Å². The zero-order valence-corrected chi connectivity index (χ0v) is 14.3. The molecular formula is C17H21ClN2O4. The number of non-ortho nitro benzene ring substituents is 1. The van der Waals surface area contributed by atoms with Gasteiger partial charge in [0.15, 0.2) is 6.61 Å². The lowest BCUT2D eigenvalue weighted by Crippen LogP contribution is -2.42. The van der Waals surface area contributed by atoms with Crippen molar-refractivity contribution < 1.29 is 14.5 Å². The zero-order chi connectivity index (χ0) is 17.3. The van der Waals surface area contributed by atoms with Crippen LogP contribution in [0.3, 0.4) is 0 Å². The summed E-state index contributed by atoms with van der Waals surface area (Å²) in [7, 11) is 0. The summed E-state index contributed by atoms with van der Waals surface area (Å²) in [5, 5.41) is 13.8. The zero-order valence-electron chi connectivity index (χ0n) is 13.5. The number of hydrogen-bond donors (Lipinski definition) is 1. The average Bonchev–Trinajstić information content (AvgIpc) is 3.16. The Labute approximate surface area is 145 Å². The van der Waals surface area contributed by atoms with Crippen molar-refractivity contribution in [1.29, 1.82) is 0 Å². The number of ether oxygens (including phenoxy) is 1. The van der Waals surface area contributed by atoms with Gasteiger partial charge in [-0.15, -0.1) is 0 Å². The average molecular weight is 353 g/mol. The van der Waals surface area contributed by atoms with Crippen LogP contribution < -0.4 is 10.1 Å². The van der Waals surface area contributed by atoms with Crippen molar-refractivity contribution in [1.82, 2.24) is 5.32 Å². The fraction of sp³-hybridized carbons (Fsp3) is 0.588. The molecule has 1 aromatic carbocycles. The quantitative estimate of drug-likeness (QED) is 0.626. The molecule has 7 heteroatoms. The highest BCUT2D eigenvalue weighted by Gasteiger charge is 2.42. The molecule has 1 amide bonds. The van der Waals surface area contributed by atoms with E-state index < -0.39 is 4.92 Å². The van der Waals surface area contributed by atoms with Crippen LogP contribution in [0.2, 0.25) is 5.02 Å². The molecule has 1 N–H and O–H groups in total. The molecule has 6 nitrogen and oxygen atoms in total. The molecule has 2 saturated carbocycles. The summed E-state index contributed by atoms with van der Waals surface area (Å²) in [6.45, 7) is 1.91. The number of fused-ring (bicyclic) bond motifs is 2. The van der Waals surface area contributed by atoms with E-state index in [0.717, 1.165) is 11.8 Å². The predicted octanol–water partition coefficient (Wildman–Crippen LogP) is 3.57. The summed E-state index contributed by atoms with van der Waals surface area (Å²) >= 11 is 5.95. The minimum atomic E-state index is -0.528. The molecule has 1 aromatic rings. The Morgan fingerprint density at radius 3 is 2.83 bits per heavy atom. The van der Waals surface area contributed by atoms with Gasteiger partial charge >= 0.3 is 0 Å².